The van der Waals surface area contributed by atoms with Gasteiger partial charge in [-0.3, -0.25) is 0 Å². The number of hydrogen-bond donors (Lipinski definition) is 0. The lowest BCUT2D eigenvalue weighted by Gasteiger charge is -2.15. The summed E-state index contributed by atoms with van der Waals surface area (Å²) in [5.41, 5.74) is 0.884. The quantitative estimate of drug-likeness (QED) is 0.488. The highest BCUT2D eigenvalue weighted by atomic mass is 35.5. The number of halogens is 3. The van der Waals surface area contributed by atoms with Crippen molar-refractivity contribution in [1.82, 2.24) is 14.8 Å². The van der Waals surface area contributed by atoms with Gasteiger partial charge in [-0.2, -0.15) is 0 Å². The first-order valence-electron chi connectivity index (χ1n) is 7.82. The van der Waals surface area contributed by atoms with Crippen LogP contribution >= 0.6 is 35.0 Å². The van der Waals surface area contributed by atoms with Crippen molar-refractivity contribution in [3.8, 4) is 5.75 Å². The van der Waals surface area contributed by atoms with Crippen molar-refractivity contribution in [2.75, 3.05) is 0 Å². The van der Waals surface area contributed by atoms with Crippen molar-refractivity contribution < 1.29 is 9.13 Å². The summed E-state index contributed by atoms with van der Waals surface area (Å²) in [7, 11) is 1.86. The molecule has 0 bridgehead atoms. The first kappa shape index (κ1) is 19.0. The van der Waals surface area contributed by atoms with E-state index >= 15 is 0 Å². The van der Waals surface area contributed by atoms with Crippen molar-refractivity contribution in [1.29, 1.82) is 0 Å². The van der Waals surface area contributed by atoms with Crippen molar-refractivity contribution in [3.63, 3.8) is 0 Å². The minimum atomic E-state index is -0.369. The second-order valence-electron chi connectivity index (χ2n) is 5.65. The molecule has 0 aliphatic rings. The second kappa shape index (κ2) is 8.29. The Kier molecular flexibility index (Phi) is 6.06. The van der Waals surface area contributed by atoms with Gasteiger partial charge in [-0.25, -0.2) is 4.39 Å². The molecule has 0 amide bonds. The Bertz CT molecular complexity index is 919. The lowest BCUT2D eigenvalue weighted by atomic mass is 10.2. The van der Waals surface area contributed by atoms with Crippen LogP contribution in [-0.4, -0.2) is 14.8 Å². The molecule has 0 aliphatic carbocycles. The SMILES string of the molecule is CC(Oc1cc(Cl)ccc1Cl)c1nnc(SCc2cccc(F)c2)n1C. The smallest absolute Gasteiger partial charge is 0.191 e. The fourth-order valence-corrected chi connectivity index (χ4v) is 3.58. The highest BCUT2D eigenvalue weighted by Crippen LogP contribution is 2.32. The van der Waals surface area contributed by atoms with Crippen molar-refractivity contribution in [2.24, 2.45) is 7.05 Å². The fourth-order valence-electron chi connectivity index (χ4n) is 2.39. The van der Waals surface area contributed by atoms with Crippen LogP contribution in [0.5, 0.6) is 5.75 Å². The molecule has 1 unspecified atom stereocenters. The fraction of sp³-hybridized carbons (Fsp3) is 0.222. The first-order valence-corrected chi connectivity index (χ1v) is 9.56. The van der Waals surface area contributed by atoms with Gasteiger partial charge in [-0.15, -0.1) is 10.2 Å². The van der Waals surface area contributed by atoms with Crippen LogP contribution in [0.15, 0.2) is 47.6 Å². The van der Waals surface area contributed by atoms with Crippen LogP contribution in [0.3, 0.4) is 0 Å². The van der Waals surface area contributed by atoms with E-state index in [1.165, 1.54) is 23.9 Å². The molecule has 0 saturated carbocycles. The predicted octanol–water partition coefficient (Wildman–Crippen LogP) is 5.69. The Balaban J connectivity index is 1.70. The van der Waals surface area contributed by atoms with E-state index in [1.54, 1.807) is 24.3 Å². The van der Waals surface area contributed by atoms with E-state index in [9.17, 15) is 4.39 Å². The Morgan fingerprint density at radius 2 is 2.00 bits per heavy atom. The van der Waals surface area contributed by atoms with Gasteiger partial charge in [0.05, 0.1) is 5.02 Å². The minimum absolute atomic E-state index is 0.248. The second-order valence-corrected chi connectivity index (χ2v) is 7.44. The summed E-state index contributed by atoms with van der Waals surface area (Å²) in [4.78, 5) is 0. The van der Waals surface area contributed by atoms with E-state index in [-0.39, 0.29) is 11.9 Å². The molecular formula is C18H16Cl2FN3OS. The average molecular weight is 412 g/mol. The van der Waals surface area contributed by atoms with E-state index < -0.39 is 0 Å². The Morgan fingerprint density at radius 1 is 1.19 bits per heavy atom. The molecule has 8 heteroatoms. The summed E-state index contributed by atoms with van der Waals surface area (Å²) in [6.07, 6.45) is -0.369. The highest BCUT2D eigenvalue weighted by Gasteiger charge is 2.18. The van der Waals surface area contributed by atoms with Crippen LogP contribution in [0.25, 0.3) is 0 Å². The van der Waals surface area contributed by atoms with E-state index in [4.69, 9.17) is 27.9 Å². The number of thioether (sulfide) groups is 1. The number of aromatic nitrogens is 3. The van der Waals surface area contributed by atoms with Crippen molar-refractivity contribution >= 4 is 35.0 Å². The number of benzene rings is 2. The van der Waals surface area contributed by atoms with Crippen molar-refractivity contribution in [3.05, 3.63) is 69.7 Å². The summed E-state index contributed by atoms with van der Waals surface area (Å²) in [5, 5.41) is 10.1. The maximum Gasteiger partial charge on any atom is 0.191 e. The maximum atomic E-state index is 13.3. The zero-order valence-electron chi connectivity index (χ0n) is 14.1. The molecule has 1 aromatic heterocycles. The molecule has 0 saturated heterocycles. The van der Waals surface area contributed by atoms with Gasteiger partial charge >= 0.3 is 0 Å². The molecule has 0 fully saturated rings. The molecule has 1 heterocycles. The summed E-state index contributed by atoms with van der Waals surface area (Å²) in [6, 6.07) is 11.5. The van der Waals surface area contributed by atoms with Gasteiger partial charge in [0, 0.05) is 23.9 Å². The van der Waals surface area contributed by atoms with Gasteiger partial charge < -0.3 is 9.30 Å². The molecule has 26 heavy (non-hydrogen) atoms. The molecule has 0 N–H and O–H groups in total. The monoisotopic (exact) mass is 411 g/mol. The van der Waals surface area contributed by atoms with Crippen LogP contribution < -0.4 is 4.74 Å². The molecule has 4 nitrogen and oxygen atoms in total. The standard InChI is InChI=1S/C18H16Cl2FN3OS/c1-11(25-16-9-13(19)6-7-15(16)20)17-22-23-18(24(17)2)26-10-12-4-3-5-14(21)8-12/h3-9,11H,10H2,1-2H3. The number of hydrogen-bond acceptors (Lipinski definition) is 4. The van der Waals surface area contributed by atoms with Crippen LogP contribution in [0.1, 0.15) is 24.4 Å². The van der Waals surface area contributed by atoms with E-state index in [0.29, 0.717) is 27.4 Å². The predicted molar refractivity (Wildman–Crippen MR) is 102 cm³/mol. The van der Waals surface area contributed by atoms with Crippen LogP contribution in [0.2, 0.25) is 10.0 Å². The molecule has 136 valence electrons. The molecule has 1 atom stereocenters. The van der Waals surface area contributed by atoms with E-state index in [2.05, 4.69) is 10.2 Å². The largest absolute Gasteiger partial charge is 0.481 e. The Morgan fingerprint density at radius 3 is 2.77 bits per heavy atom. The highest BCUT2D eigenvalue weighted by molar-refractivity contribution is 7.98. The molecule has 0 spiro atoms. The zero-order chi connectivity index (χ0) is 18.7. The Labute approximate surface area is 165 Å². The first-order chi connectivity index (χ1) is 12.4. The number of ether oxygens (including phenoxy) is 1. The molecule has 2 aromatic carbocycles. The summed E-state index contributed by atoms with van der Waals surface area (Å²) in [5.74, 6) is 1.49. The number of nitrogens with zero attached hydrogens (tertiary/aromatic N) is 3. The third-order valence-corrected chi connectivity index (χ3v) is 5.32. The topological polar surface area (TPSA) is 39.9 Å². The maximum absolute atomic E-state index is 13.3. The van der Waals surface area contributed by atoms with Gasteiger partial charge in [0.2, 0.25) is 0 Å². The molecular weight excluding hydrogens is 396 g/mol. The zero-order valence-corrected chi connectivity index (χ0v) is 16.4. The molecule has 0 aliphatic heterocycles. The molecule has 0 radical (unpaired) electrons. The lowest BCUT2D eigenvalue weighted by Crippen LogP contribution is -2.10. The van der Waals surface area contributed by atoms with E-state index in [0.717, 1.165) is 10.7 Å². The van der Waals surface area contributed by atoms with Crippen LogP contribution in [0, 0.1) is 5.82 Å². The summed E-state index contributed by atoms with van der Waals surface area (Å²) >= 11 is 13.6. The van der Waals surface area contributed by atoms with E-state index in [1.807, 2.05) is 24.6 Å². The van der Waals surface area contributed by atoms with Crippen molar-refractivity contribution in [2.45, 2.75) is 23.9 Å². The van der Waals surface area contributed by atoms with Crippen LogP contribution in [0.4, 0.5) is 4.39 Å². The van der Waals surface area contributed by atoms with Gasteiger partial charge in [-0.1, -0.05) is 47.1 Å². The van der Waals surface area contributed by atoms with Gasteiger partial charge in [0.15, 0.2) is 17.1 Å². The van der Waals surface area contributed by atoms with Crippen LogP contribution in [-0.2, 0) is 12.8 Å². The molecule has 3 rings (SSSR count). The van der Waals surface area contributed by atoms with Gasteiger partial charge in [-0.05, 0) is 36.8 Å². The minimum Gasteiger partial charge on any atom is -0.481 e. The summed E-state index contributed by atoms with van der Waals surface area (Å²) in [6.45, 7) is 1.86. The third kappa shape index (κ3) is 4.50. The normalized spacial score (nSPS) is 12.2. The lowest BCUT2D eigenvalue weighted by molar-refractivity contribution is 0.211. The average Bonchev–Trinajstić information content (AvgIpc) is 2.97. The Hall–Kier alpha value is -1.76. The summed E-state index contributed by atoms with van der Waals surface area (Å²) < 4.78 is 21.0. The van der Waals surface area contributed by atoms with Gasteiger partial charge in [0.1, 0.15) is 11.6 Å². The van der Waals surface area contributed by atoms with Gasteiger partial charge in [0.25, 0.3) is 0 Å². The molecule has 3 aromatic rings. The third-order valence-electron chi connectivity index (χ3n) is 3.69. The number of rotatable bonds is 6.